The van der Waals surface area contributed by atoms with E-state index < -0.39 is 5.97 Å². The van der Waals surface area contributed by atoms with E-state index >= 15 is 0 Å². The van der Waals surface area contributed by atoms with Crippen LogP contribution in [0.3, 0.4) is 0 Å². The Balaban J connectivity index is 1.62. The molecule has 0 aliphatic heterocycles. The molecule has 1 saturated carbocycles. The molecule has 100 valence electrons. The van der Waals surface area contributed by atoms with Crippen LogP contribution in [0.2, 0.25) is 0 Å². The Bertz CT molecular complexity index is 382. The summed E-state index contributed by atoms with van der Waals surface area (Å²) in [7, 11) is 0. The second-order valence-corrected chi connectivity index (χ2v) is 4.52. The molecule has 1 aromatic heterocycles. The van der Waals surface area contributed by atoms with Crippen molar-refractivity contribution in [3.63, 3.8) is 0 Å². The van der Waals surface area contributed by atoms with E-state index in [9.17, 15) is 4.79 Å². The van der Waals surface area contributed by atoms with Crippen molar-refractivity contribution < 1.29 is 19.1 Å². The first-order valence-corrected chi connectivity index (χ1v) is 6.39. The third-order valence-corrected chi connectivity index (χ3v) is 3.20. The molecule has 0 amide bonds. The van der Waals surface area contributed by atoms with Crippen molar-refractivity contribution in [2.75, 3.05) is 13.2 Å². The summed E-state index contributed by atoms with van der Waals surface area (Å²) in [6.45, 7) is 1.78. The number of nitrogens with one attached hydrogen (secondary N) is 1. The highest BCUT2D eigenvalue weighted by molar-refractivity contribution is 5.88. The largest absolute Gasteiger partial charge is 0.478 e. The molecule has 1 fully saturated rings. The van der Waals surface area contributed by atoms with E-state index in [4.69, 9.17) is 14.3 Å². The number of hydrogen-bond donors (Lipinski definition) is 2. The third kappa shape index (κ3) is 3.58. The molecule has 2 rings (SSSR count). The molecule has 0 aromatic carbocycles. The van der Waals surface area contributed by atoms with Gasteiger partial charge in [-0.25, -0.2) is 4.79 Å². The van der Waals surface area contributed by atoms with Crippen LogP contribution < -0.4 is 5.32 Å². The minimum atomic E-state index is -0.956. The number of hydrogen-bond acceptors (Lipinski definition) is 4. The van der Waals surface area contributed by atoms with Crippen LogP contribution in [-0.2, 0) is 11.3 Å². The van der Waals surface area contributed by atoms with E-state index in [0.717, 1.165) is 0 Å². The molecule has 5 nitrogen and oxygen atoms in total. The SMILES string of the molecule is O=C(O)c1ccoc1CNCCOC1CCCC1. The van der Waals surface area contributed by atoms with E-state index in [0.29, 0.717) is 31.6 Å². The molecule has 1 aliphatic carbocycles. The van der Waals surface area contributed by atoms with Gasteiger partial charge >= 0.3 is 5.97 Å². The van der Waals surface area contributed by atoms with Crippen molar-refractivity contribution in [1.29, 1.82) is 0 Å². The van der Waals surface area contributed by atoms with Gasteiger partial charge in [-0.05, 0) is 18.9 Å². The van der Waals surface area contributed by atoms with Crippen molar-refractivity contribution in [3.05, 3.63) is 23.7 Å². The van der Waals surface area contributed by atoms with Gasteiger partial charge in [0.15, 0.2) is 0 Å². The number of carboxylic acid groups (broad SMARTS) is 1. The van der Waals surface area contributed by atoms with Crippen LogP contribution in [0.15, 0.2) is 16.7 Å². The lowest BCUT2D eigenvalue weighted by Crippen LogP contribution is -2.22. The molecular formula is C13H19NO4. The van der Waals surface area contributed by atoms with Crippen LogP contribution in [0.5, 0.6) is 0 Å². The Hall–Kier alpha value is -1.33. The van der Waals surface area contributed by atoms with E-state index in [1.54, 1.807) is 0 Å². The van der Waals surface area contributed by atoms with Gasteiger partial charge in [0.25, 0.3) is 0 Å². The first-order chi connectivity index (χ1) is 8.77. The zero-order chi connectivity index (χ0) is 12.8. The van der Waals surface area contributed by atoms with Gasteiger partial charge in [-0.2, -0.15) is 0 Å². The number of ether oxygens (including phenoxy) is 1. The lowest BCUT2D eigenvalue weighted by molar-refractivity contribution is 0.0600. The zero-order valence-corrected chi connectivity index (χ0v) is 10.4. The minimum Gasteiger partial charge on any atom is -0.478 e. The summed E-state index contributed by atoms with van der Waals surface area (Å²) in [5, 5.41) is 12.0. The standard InChI is InChI=1S/C13H19NO4/c15-13(16)11-5-7-18-12(11)9-14-6-8-17-10-3-1-2-4-10/h5,7,10,14H,1-4,6,8-9H2,(H,15,16). The van der Waals surface area contributed by atoms with Crippen LogP contribution in [0.1, 0.15) is 41.8 Å². The topological polar surface area (TPSA) is 71.7 Å². The van der Waals surface area contributed by atoms with Gasteiger partial charge in [0.2, 0.25) is 0 Å². The van der Waals surface area contributed by atoms with Gasteiger partial charge in [0, 0.05) is 6.54 Å². The minimum absolute atomic E-state index is 0.221. The molecule has 0 unspecified atom stereocenters. The first kappa shape index (κ1) is 13.1. The van der Waals surface area contributed by atoms with Crippen LogP contribution >= 0.6 is 0 Å². The van der Waals surface area contributed by atoms with Gasteiger partial charge in [0.05, 0.1) is 25.5 Å². The average molecular weight is 253 g/mol. The molecule has 0 bridgehead atoms. The lowest BCUT2D eigenvalue weighted by atomic mass is 10.2. The van der Waals surface area contributed by atoms with Crippen LogP contribution in [0, 0.1) is 0 Å². The van der Waals surface area contributed by atoms with Gasteiger partial charge in [-0.15, -0.1) is 0 Å². The second kappa shape index (κ2) is 6.56. The number of carboxylic acids is 1. The maximum atomic E-state index is 10.8. The Morgan fingerprint density at radius 2 is 2.28 bits per heavy atom. The molecule has 18 heavy (non-hydrogen) atoms. The summed E-state index contributed by atoms with van der Waals surface area (Å²) in [5.74, 6) is -0.494. The van der Waals surface area contributed by atoms with E-state index in [1.807, 2.05) is 0 Å². The summed E-state index contributed by atoms with van der Waals surface area (Å²) in [6.07, 6.45) is 6.70. The van der Waals surface area contributed by atoms with Crippen LogP contribution in [-0.4, -0.2) is 30.3 Å². The van der Waals surface area contributed by atoms with Crippen molar-refractivity contribution in [1.82, 2.24) is 5.32 Å². The fraction of sp³-hybridized carbons (Fsp3) is 0.615. The van der Waals surface area contributed by atoms with Crippen LogP contribution in [0.4, 0.5) is 0 Å². The summed E-state index contributed by atoms with van der Waals surface area (Å²) in [4.78, 5) is 10.8. The maximum Gasteiger partial charge on any atom is 0.339 e. The molecule has 1 heterocycles. The number of rotatable bonds is 7. The van der Waals surface area contributed by atoms with Gasteiger partial charge < -0.3 is 19.6 Å². The zero-order valence-electron chi connectivity index (χ0n) is 10.4. The Kier molecular flexibility index (Phi) is 4.78. The summed E-state index contributed by atoms with van der Waals surface area (Å²) in [5.41, 5.74) is 0.221. The second-order valence-electron chi connectivity index (χ2n) is 4.52. The van der Waals surface area contributed by atoms with Crippen molar-refractivity contribution >= 4 is 5.97 Å². The Morgan fingerprint density at radius 1 is 1.50 bits per heavy atom. The molecule has 2 N–H and O–H groups in total. The Labute approximate surface area is 106 Å². The molecule has 0 spiro atoms. The molecule has 0 saturated heterocycles. The monoisotopic (exact) mass is 253 g/mol. The molecule has 0 atom stereocenters. The fourth-order valence-corrected chi connectivity index (χ4v) is 2.22. The highest BCUT2D eigenvalue weighted by Gasteiger charge is 2.15. The number of furan rings is 1. The summed E-state index contributed by atoms with van der Waals surface area (Å²) < 4.78 is 10.8. The lowest BCUT2D eigenvalue weighted by Gasteiger charge is -2.11. The third-order valence-electron chi connectivity index (χ3n) is 3.20. The predicted octanol–water partition coefficient (Wildman–Crippen LogP) is 2.03. The van der Waals surface area contributed by atoms with Gasteiger partial charge in [-0.3, -0.25) is 0 Å². The van der Waals surface area contributed by atoms with E-state index in [-0.39, 0.29) is 5.56 Å². The van der Waals surface area contributed by atoms with Gasteiger partial charge in [0.1, 0.15) is 11.3 Å². The quantitative estimate of drug-likeness (QED) is 0.727. The number of carbonyl (C=O) groups is 1. The fourth-order valence-electron chi connectivity index (χ4n) is 2.22. The van der Waals surface area contributed by atoms with E-state index in [2.05, 4.69) is 5.32 Å². The van der Waals surface area contributed by atoms with Crippen LogP contribution in [0.25, 0.3) is 0 Å². The molecule has 0 radical (unpaired) electrons. The maximum absolute atomic E-state index is 10.8. The highest BCUT2D eigenvalue weighted by Crippen LogP contribution is 2.20. The Morgan fingerprint density at radius 3 is 3.00 bits per heavy atom. The molecular weight excluding hydrogens is 234 g/mol. The molecule has 1 aliphatic rings. The normalized spacial score (nSPS) is 16.2. The smallest absolute Gasteiger partial charge is 0.339 e. The predicted molar refractivity (Wildman–Crippen MR) is 65.6 cm³/mol. The summed E-state index contributed by atoms with van der Waals surface area (Å²) in [6, 6.07) is 1.47. The van der Waals surface area contributed by atoms with Crippen molar-refractivity contribution in [2.45, 2.75) is 38.3 Å². The summed E-state index contributed by atoms with van der Waals surface area (Å²) >= 11 is 0. The first-order valence-electron chi connectivity index (χ1n) is 6.39. The average Bonchev–Trinajstić information content (AvgIpc) is 2.98. The molecule has 1 aromatic rings. The van der Waals surface area contributed by atoms with E-state index in [1.165, 1.54) is 38.0 Å². The van der Waals surface area contributed by atoms with Gasteiger partial charge in [-0.1, -0.05) is 12.8 Å². The molecule has 5 heteroatoms. The highest BCUT2D eigenvalue weighted by atomic mass is 16.5. The number of aromatic carboxylic acids is 1. The van der Waals surface area contributed by atoms with Crippen molar-refractivity contribution in [3.8, 4) is 0 Å². The van der Waals surface area contributed by atoms with Crippen molar-refractivity contribution in [2.24, 2.45) is 0 Å².